The van der Waals surface area contributed by atoms with Gasteiger partial charge in [-0.2, -0.15) is 0 Å². The molecular weight excluding hydrogens is 423 g/mol. The lowest BCUT2D eigenvalue weighted by Crippen LogP contribution is -2.14. The van der Waals surface area contributed by atoms with Gasteiger partial charge in [0.25, 0.3) is 0 Å². The first kappa shape index (κ1) is 20.3. The Bertz CT molecular complexity index is 1390. The van der Waals surface area contributed by atoms with Crippen LogP contribution in [0.25, 0.3) is 16.9 Å². The SMILES string of the molecule is Cc1ccc2nc(-c3ccccc3)c(CSc3nnc(Cc4ccccc4F)n3N)n2c1. The van der Waals surface area contributed by atoms with E-state index in [0.717, 1.165) is 28.2 Å². The molecule has 3 heterocycles. The minimum Gasteiger partial charge on any atom is -0.336 e. The van der Waals surface area contributed by atoms with E-state index in [-0.39, 0.29) is 12.2 Å². The fraction of sp³-hybridized carbons (Fsp3) is 0.125. The van der Waals surface area contributed by atoms with Crippen LogP contribution in [0.5, 0.6) is 0 Å². The van der Waals surface area contributed by atoms with E-state index in [1.807, 2.05) is 24.3 Å². The summed E-state index contributed by atoms with van der Waals surface area (Å²) >= 11 is 1.48. The number of hydrogen-bond donors (Lipinski definition) is 1. The van der Waals surface area contributed by atoms with E-state index in [4.69, 9.17) is 10.8 Å². The number of halogens is 1. The van der Waals surface area contributed by atoms with Gasteiger partial charge in [-0.15, -0.1) is 10.2 Å². The topological polar surface area (TPSA) is 74.0 Å². The quantitative estimate of drug-likeness (QED) is 0.305. The van der Waals surface area contributed by atoms with E-state index < -0.39 is 0 Å². The van der Waals surface area contributed by atoms with Gasteiger partial charge in [-0.1, -0.05) is 66.4 Å². The Kier molecular flexibility index (Phi) is 5.36. The molecule has 0 amide bonds. The molecule has 32 heavy (non-hydrogen) atoms. The highest BCUT2D eigenvalue weighted by Gasteiger charge is 2.17. The Labute approximate surface area is 188 Å². The highest BCUT2D eigenvalue weighted by Crippen LogP contribution is 2.30. The molecular formula is C24H21FN6S. The van der Waals surface area contributed by atoms with Crippen molar-refractivity contribution in [2.24, 2.45) is 0 Å². The first-order valence-corrected chi connectivity index (χ1v) is 11.2. The molecule has 0 unspecified atom stereocenters. The van der Waals surface area contributed by atoms with Crippen LogP contribution < -0.4 is 5.84 Å². The Balaban J connectivity index is 1.45. The number of pyridine rings is 1. The number of rotatable bonds is 6. The number of aromatic nitrogens is 5. The third kappa shape index (κ3) is 3.85. The average molecular weight is 445 g/mol. The van der Waals surface area contributed by atoms with E-state index in [2.05, 4.69) is 45.9 Å². The van der Waals surface area contributed by atoms with Crippen LogP contribution in [0.15, 0.2) is 78.1 Å². The van der Waals surface area contributed by atoms with Gasteiger partial charge in [0.15, 0.2) is 5.82 Å². The van der Waals surface area contributed by atoms with E-state index >= 15 is 0 Å². The van der Waals surface area contributed by atoms with Crippen molar-refractivity contribution >= 4 is 17.4 Å². The summed E-state index contributed by atoms with van der Waals surface area (Å²) in [6, 6.07) is 20.8. The molecule has 3 aromatic heterocycles. The Morgan fingerprint density at radius 3 is 2.56 bits per heavy atom. The largest absolute Gasteiger partial charge is 0.336 e. The zero-order chi connectivity index (χ0) is 22.1. The number of fused-ring (bicyclic) bond motifs is 1. The molecule has 0 aliphatic heterocycles. The monoisotopic (exact) mass is 444 g/mol. The number of aryl methyl sites for hydroxylation is 1. The Morgan fingerprint density at radius 2 is 1.75 bits per heavy atom. The summed E-state index contributed by atoms with van der Waals surface area (Å²) in [7, 11) is 0. The minimum atomic E-state index is -0.279. The standard InChI is InChI=1S/C24H21FN6S/c1-16-11-12-21-27-23(17-7-3-2-4-8-17)20(30(21)14-16)15-32-24-29-28-22(31(24)26)13-18-9-5-6-10-19(18)25/h2-12,14H,13,15,26H2,1H3. The maximum atomic E-state index is 14.0. The molecule has 0 atom stereocenters. The zero-order valence-electron chi connectivity index (χ0n) is 17.4. The number of nitrogen functional groups attached to an aromatic ring is 1. The van der Waals surface area contributed by atoms with Gasteiger partial charge >= 0.3 is 0 Å². The summed E-state index contributed by atoms with van der Waals surface area (Å²) in [6.45, 7) is 2.06. The molecule has 0 spiro atoms. The number of nitrogens with zero attached hydrogens (tertiary/aromatic N) is 5. The number of thioether (sulfide) groups is 1. The van der Waals surface area contributed by atoms with Gasteiger partial charge in [0, 0.05) is 23.9 Å². The molecule has 5 aromatic rings. The van der Waals surface area contributed by atoms with Crippen molar-refractivity contribution in [2.45, 2.75) is 24.3 Å². The lowest BCUT2D eigenvalue weighted by atomic mass is 10.1. The molecule has 0 saturated carbocycles. The van der Waals surface area contributed by atoms with Crippen LogP contribution in [0.4, 0.5) is 4.39 Å². The van der Waals surface area contributed by atoms with Gasteiger partial charge in [-0.05, 0) is 30.2 Å². The molecule has 0 saturated heterocycles. The van der Waals surface area contributed by atoms with Crippen molar-refractivity contribution in [3.05, 3.63) is 101 Å². The van der Waals surface area contributed by atoms with Crippen molar-refractivity contribution in [3.63, 3.8) is 0 Å². The third-order valence-electron chi connectivity index (χ3n) is 5.29. The molecule has 0 aliphatic rings. The van der Waals surface area contributed by atoms with Crippen molar-refractivity contribution in [1.29, 1.82) is 0 Å². The Hall–Kier alpha value is -3.65. The first-order valence-electron chi connectivity index (χ1n) is 10.2. The van der Waals surface area contributed by atoms with Gasteiger partial charge < -0.3 is 10.2 Å². The molecule has 2 N–H and O–H groups in total. The second-order valence-corrected chi connectivity index (χ2v) is 8.48. The van der Waals surface area contributed by atoms with Crippen LogP contribution in [0.1, 0.15) is 22.6 Å². The predicted molar refractivity (Wildman–Crippen MR) is 124 cm³/mol. The van der Waals surface area contributed by atoms with Gasteiger partial charge in [0.05, 0.1) is 11.4 Å². The van der Waals surface area contributed by atoms with Crippen LogP contribution in [-0.4, -0.2) is 24.3 Å². The third-order valence-corrected chi connectivity index (χ3v) is 6.25. The van der Waals surface area contributed by atoms with Gasteiger partial charge in [-0.3, -0.25) is 0 Å². The maximum Gasteiger partial charge on any atom is 0.210 e. The van der Waals surface area contributed by atoms with E-state index in [9.17, 15) is 4.39 Å². The van der Waals surface area contributed by atoms with Gasteiger partial charge in [0.2, 0.25) is 5.16 Å². The van der Waals surface area contributed by atoms with Crippen molar-refractivity contribution in [3.8, 4) is 11.3 Å². The van der Waals surface area contributed by atoms with Gasteiger partial charge in [0.1, 0.15) is 11.5 Å². The predicted octanol–water partition coefficient (Wildman–Crippen LogP) is 4.64. The second-order valence-electron chi connectivity index (χ2n) is 7.53. The van der Waals surface area contributed by atoms with E-state index in [1.54, 1.807) is 18.2 Å². The molecule has 160 valence electrons. The summed E-state index contributed by atoms with van der Waals surface area (Å²) in [5.74, 6) is 7.08. The zero-order valence-corrected chi connectivity index (χ0v) is 18.3. The van der Waals surface area contributed by atoms with Crippen LogP contribution >= 0.6 is 11.8 Å². The van der Waals surface area contributed by atoms with E-state index in [0.29, 0.717) is 22.3 Å². The van der Waals surface area contributed by atoms with Gasteiger partial charge in [-0.25, -0.2) is 14.1 Å². The minimum absolute atomic E-state index is 0.279. The van der Waals surface area contributed by atoms with Crippen LogP contribution in [0, 0.1) is 12.7 Å². The average Bonchev–Trinajstić information content (AvgIpc) is 3.34. The molecule has 0 radical (unpaired) electrons. The summed E-state index contributed by atoms with van der Waals surface area (Å²) in [5.41, 5.74) is 5.61. The van der Waals surface area contributed by atoms with Crippen molar-refractivity contribution < 1.29 is 4.39 Å². The van der Waals surface area contributed by atoms with Crippen LogP contribution in [-0.2, 0) is 12.2 Å². The highest BCUT2D eigenvalue weighted by molar-refractivity contribution is 7.98. The summed E-state index contributed by atoms with van der Waals surface area (Å²) in [4.78, 5) is 4.86. The molecule has 0 bridgehead atoms. The highest BCUT2D eigenvalue weighted by atomic mass is 32.2. The molecule has 2 aromatic carbocycles. The number of hydrogen-bond acceptors (Lipinski definition) is 5. The van der Waals surface area contributed by atoms with Crippen LogP contribution in [0.3, 0.4) is 0 Å². The van der Waals surface area contributed by atoms with Crippen molar-refractivity contribution in [2.75, 3.05) is 5.84 Å². The fourth-order valence-electron chi connectivity index (χ4n) is 3.64. The molecule has 0 aliphatic carbocycles. The number of imidazole rings is 1. The second kappa shape index (κ2) is 8.47. The molecule has 8 heteroatoms. The number of benzene rings is 2. The normalized spacial score (nSPS) is 11.3. The summed E-state index contributed by atoms with van der Waals surface area (Å²) < 4.78 is 17.6. The number of nitrogens with two attached hydrogens (primary N) is 1. The fourth-order valence-corrected chi connectivity index (χ4v) is 4.52. The Morgan fingerprint density at radius 1 is 0.969 bits per heavy atom. The lowest BCUT2D eigenvalue weighted by Gasteiger charge is -2.07. The molecule has 0 fully saturated rings. The van der Waals surface area contributed by atoms with Crippen molar-refractivity contribution in [1.82, 2.24) is 24.3 Å². The smallest absolute Gasteiger partial charge is 0.210 e. The molecule has 5 rings (SSSR count). The molecule has 6 nitrogen and oxygen atoms in total. The summed E-state index contributed by atoms with van der Waals surface area (Å²) in [5, 5.41) is 8.99. The lowest BCUT2D eigenvalue weighted by molar-refractivity contribution is 0.610. The maximum absolute atomic E-state index is 14.0. The van der Waals surface area contributed by atoms with E-state index in [1.165, 1.54) is 22.5 Å². The van der Waals surface area contributed by atoms with Crippen LogP contribution in [0.2, 0.25) is 0 Å². The summed E-state index contributed by atoms with van der Waals surface area (Å²) in [6.07, 6.45) is 2.36. The first-order chi connectivity index (χ1) is 15.6.